The Morgan fingerprint density at radius 2 is 1.61 bits per heavy atom. The van der Waals surface area contributed by atoms with Crippen LogP contribution in [0.25, 0.3) is 0 Å². The van der Waals surface area contributed by atoms with E-state index in [2.05, 4.69) is 9.80 Å². The molecule has 0 saturated carbocycles. The van der Waals surface area contributed by atoms with Crippen LogP contribution in [0.5, 0.6) is 0 Å². The maximum Gasteiger partial charge on any atom is 0.236 e. The number of carbonyl (C=O) groups excluding carboxylic acids is 1. The molecule has 0 N–H and O–H groups in total. The van der Waals surface area contributed by atoms with Gasteiger partial charge >= 0.3 is 0 Å². The lowest BCUT2D eigenvalue weighted by atomic mass is 10.2. The second-order valence-electron chi connectivity index (χ2n) is 6.38. The summed E-state index contributed by atoms with van der Waals surface area (Å²) >= 11 is 12.2. The van der Waals surface area contributed by atoms with Crippen LogP contribution in [0.2, 0.25) is 10.0 Å². The fourth-order valence-corrected chi connectivity index (χ4v) is 3.72. The highest BCUT2D eigenvalue weighted by molar-refractivity contribution is 6.35. The molecule has 2 fully saturated rings. The summed E-state index contributed by atoms with van der Waals surface area (Å²) < 4.78 is 0. The molecule has 2 aliphatic heterocycles. The van der Waals surface area contributed by atoms with Crippen LogP contribution in [0.1, 0.15) is 18.4 Å². The van der Waals surface area contributed by atoms with Crippen LogP contribution in [0, 0.1) is 0 Å². The standard InChI is InChI=1S/C17H23Cl2N3O/c18-15-4-3-14(16(19)11-15)12-20-7-9-21(10-8-20)13-17(23)22-5-1-2-6-22/h3-4,11H,1-2,5-10,12-13H2. The molecule has 6 heteroatoms. The van der Waals surface area contributed by atoms with Gasteiger partial charge in [-0.15, -0.1) is 0 Å². The van der Waals surface area contributed by atoms with Gasteiger partial charge in [0.2, 0.25) is 5.91 Å². The lowest BCUT2D eigenvalue weighted by molar-refractivity contribution is -0.131. The zero-order chi connectivity index (χ0) is 16.2. The van der Waals surface area contributed by atoms with Crippen molar-refractivity contribution in [3.63, 3.8) is 0 Å². The molecular weight excluding hydrogens is 333 g/mol. The van der Waals surface area contributed by atoms with Crippen molar-refractivity contribution in [1.29, 1.82) is 0 Å². The molecule has 0 atom stereocenters. The third-order valence-corrected chi connectivity index (χ3v) is 5.28. The molecule has 0 unspecified atom stereocenters. The zero-order valence-electron chi connectivity index (χ0n) is 13.3. The molecule has 0 spiro atoms. The maximum absolute atomic E-state index is 12.2. The summed E-state index contributed by atoms with van der Waals surface area (Å²) in [5, 5.41) is 1.40. The van der Waals surface area contributed by atoms with Crippen LogP contribution in [0.3, 0.4) is 0 Å². The van der Waals surface area contributed by atoms with Crippen LogP contribution in [0.15, 0.2) is 18.2 Å². The largest absolute Gasteiger partial charge is 0.342 e. The van der Waals surface area contributed by atoms with Crippen LogP contribution in [0.4, 0.5) is 0 Å². The number of piperazine rings is 1. The van der Waals surface area contributed by atoms with Crippen molar-refractivity contribution in [2.75, 3.05) is 45.8 Å². The van der Waals surface area contributed by atoms with E-state index in [0.717, 1.165) is 69.2 Å². The van der Waals surface area contributed by atoms with E-state index < -0.39 is 0 Å². The maximum atomic E-state index is 12.2. The smallest absolute Gasteiger partial charge is 0.236 e. The van der Waals surface area contributed by atoms with Gasteiger partial charge in [-0.3, -0.25) is 14.6 Å². The molecule has 2 aliphatic rings. The van der Waals surface area contributed by atoms with E-state index in [0.29, 0.717) is 11.6 Å². The highest BCUT2D eigenvalue weighted by Gasteiger charge is 2.23. The molecule has 4 nitrogen and oxygen atoms in total. The molecule has 1 amide bonds. The van der Waals surface area contributed by atoms with E-state index in [1.165, 1.54) is 0 Å². The van der Waals surface area contributed by atoms with Crippen molar-refractivity contribution < 1.29 is 4.79 Å². The molecule has 3 rings (SSSR count). The van der Waals surface area contributed by atoms with Crippen molar-refractivity contribution >= 4 is 29.1 Å². The lowest BCUT2D eigenvalue weighted by Crippen LogP contribution is -2.49. The molecule has 0 aromatic heterocycles. The number of hydrogen-bond acceptors (Lipinski definition) is 3. The number of hydrogen-bond donors (Lipinski definition) is 0. The van der Waals surface area contributed by atoms with Gasteiger partial charge in [0.25, 0.3) is 0 Å². The first-order valence-electron chi connectivity index (χ1n) is 8.28. The van der Waals surface area contributed by atoms with Crippen LogP contribution in [-0.2, 0) is 11.3 Å². The number of carbonyl (C=O) groups is 1. The number of benzene rings is 1. The Balaban J connectivity index is 1.45. The highest BCUT2D eigenvalue weighted by Crippen LogP contribution is 2.22. The second kappa shape index (κ2) is 7.84. The summed E-state index contributed by atoms with van der Waals surface area (Å²) in [5.41, 5.74) is 1.11. The van der Waals surface area contributed by atoms with Gasteiger partial charge in [-0.05, 0) is 30.5 Å². The SMILES string of the molecule is O=C(CN1CCN(Cc2ccc(Cl)cc2Cl)CC1)N1CCCC1. The molecule has 2 heterocycles. The van der Waals surface area contributed by atoms with Gasteiger partial charge in [0.05, 0.1) is 6.54 Å². The Kier molecular flexibility index (Phi) is 5.81. The third kappa shape index (κ3) is 4.60. The molecule has 1 aromatic rings. The molecule has 2 saturated heterocycles. The van der Waals surface area contributed by atoms with Gasteiger partial charge < -0.3 is 4.90 Å². The van der Waals surface area contributed by atoms with Crippen LogP contribution >= 0.6 is 23.2 Å². The predicted octanol–water partition coefficient (Wildman–Crippen LogP) is 2.73. The summed E-state index contributed by atoms with van der Waals surface area (Å²) in [4.78, 5) is 18.8. The van der Waals surface area contributed by atoms with Gasteiger partial charge in [0, 0.05) is 55.9 Å². The molecule has 0 radical (unpaired) electrons. The fourth-order valence-electron chi connectivity index (χ4n) is 3.25. The quantitative estimate of drug-likeness (QED) is 0.830. The lowest BCUT2D eigenvalue weighted by Gasteiger charge is -2.35. The van der Waals surface area contributed by atoms with E-state index in [1.807, 2.05) is 17.0 Å². The Morgan fingerprint density at radius 3 is 2.26 bits per heavy atom. The Labute approximate surface area is 147 Å². The third-order valence-electron chi connectivity index (χ3n) is 4.69. The van der Waals surface area contributed by atoms with Crippen LogP contribution < -0.4 is 0 Å². The van der Waals surface area contributed by atoms with Gasteiger partial charge in [-0.25, -0.2) is 0 Å². The fraction of sp³-hybridized carbons (Fsp3) is 0.588. The average Bonchev–Trinajstić information content (AvgIpc) is 3.06. The first-order valence-corrected chi connectivity index (χ1v) is 9.04. The summed E-state index contributed by atoms with van der Waals surface area (Å²) in [6.07, 6.45) is 2.31. The summed E-state index contributed by atoms with van der Waals surface area (Å²) in [6, 6.07) is 5.67. The molecule has 126 valence electrons. The van der Waals surface area contributed by atoms with E-state index in [4.69, 9.17) is 23.2 Å². The molecular formula is C17H23Cl2N3O. The Bertz CT molecular complexity index is 553. The summed E-state index contributed by atoms with van der Waals surface area (Å²) in [6.45, 7) is 7.08. The van der Waals surface area contributed by atoms with Crippen molar-refractivity contribution in [3.05, 3.63) is 33.8 Å². The summed E-state index contributed by atoms with van der Waals surface area (Å²) in [7, 11) is 0. The van der Waals surface area contributed by atoms with Gasteiger partial charge in [0.1, 0.15) is 0 Å². The number of amides is 1. The van der Waals surface area contributed by atoms with Crippen LogP contribution in [-0.4, -0.2) is 66.4 Å². The average molecular weight is 356 g/mol. The van der Waals surface area contributed by atoms with Gasteiger partial charge in [-0.2, -0.15) is 0 Å². The first kappa shape index (κ1) is 17.0. The predicted molar refractivity (Wildman–Crippen MR) is 94.0 cm³/mol. The van der Waals surface area contributed by atoms with Crippen molar-refractivity contribution in [3.8, 4) is 0 Å². The van der Waals surface area contributed by atoms with Gasteiger partial charge in [-0.1, -0.05) is 29.3 Å². The van der Waals surface area contributed by atoms with Crippen molar-refractivity contribution in [2.45, 2.75) is 19.4 Å². The number of nitrogens with zero attached hydrogens (tertiary/aromatic N) is 3. The molecule has 0 bridgehead atoms. The summed E-state index contributed by atoms with van der Waals surface area (Å²) in [5.74, 6) is 0.289. The van der Waals surface area contributed by atoms with E-state index in [1.54, 1.807) is 6.07 Å². The second-order valence-corrected chi connectivity index (χ2v) is 7.22. The minimum Gasteiger partial charge on any atom is -0.342 e. The number of halogens is 2. The minimum absolute atomic E-state index is 0.289. The Hall–Kier alpha value is -0.810. The highest BCUT2D eigenvalue weighted by atomic mass is 35.5. The zero-order valence-corrected chi connectivity index (χ0v) is 14.8. The number of likely N-dealkylation sites (tertiary alicyclic amines) is 1. The van der Waals surface area contributed by atoms with E-state index >= 15 is 0 Å². The number of rotatable bonds is 4. The molecule has 0 aliphatic carbocycles. The molecule has 1 aromatic carbocycles. The monoisotopic (exact) mass is 355 g/mol. The van der Waals surface area contributed by atoms with E-state index in [9.17, 15) is 4.79 Å². The minimum atomic E-state index is 0.289. The first-order chi connectivity index (χ1) is 11.1. The van der Waals surface area contributed by atoms with E-state index in [-0.39, 0.29) is 5.91 Å². The molecule has 23 heavy (non-hydrogen) atoms. The van der Waals surface area contributed by atoms with Crippen molar-refractivity contribution in [2.24, 2.45) is 0 Å². The van der Waals surface area contributed by atoms with Gasteiger partial charge in [0.15, 0.2) is 0 Å². The topological polar surface area (TPSA) is 26.8 Å². The van der Waals surface area contributed by atoms with Crippen molar-refractivity contribution in [1.82, 2.24) is 14.7 Å². The normalized spacial score (nSPS) is 20.2. The Morgan fingerprint density at radius 1 is 0.957 bits per heavy atom.